The lowest BCUT2D eigenvalue weighted by molar-refractivity contribution is -0.115. The number of benzene rings is 1. The van der Waals surface area contributed by atoms with Gasteiger partial charge in [-0.15, -0.1) is 10.2 Å². The molecule has 5 nitrogen and oxygen atoms in total. The average molecular weight is 316 g/mol. The van der Waals surface area contributed by atoms with E-state index >= 15 is 0 Å². The van der Waals surface area contributed by atoms with Gasteiger partial charge in [-0.1, -0.05) is 36.0 Å². The van der Waals surface area contributed by atoms with Crippen molar-refractivity contribution in [2.75, 3.05) is 23.3 Å². The quantitative estimate of drug-likeness (QED) is 0.942. The Labute approximate surface area is 134 Å². The lowest BCUT2D eigenvalue weighted by Gasteiger charge is -2.30. The molecule has 1 amide bonds. The maximum atomic E-state index is 12.2. The first-order valence-corrected chi connectivity index (χ1v) is 8.44. The minimum atomic E-state index is -0.0350. The topological polar surface area (TPSA) is 58.1 Å². The molecule has 1 N–H and O–H groups in total. The zero-order valence-electron chi connectivity index (χ0n) is 12.9. The van der Waals surface area contributed by atoms with E-state index in [-0.39, 0.29) is 5.91 Å². The van der Waals surface area contributed by atoms with Crippen molar-refractivity contribution in [1.82, 2.24) is 10.2 Å². The Morgan fingerprint density at radius 3 is 3.05 bits per heavy atom. The summed E-state index contributed by atoms with van der Waals surface area (Å²) in [5, 5.41) is 12.4. The van der Waals surface area contributed by atoms with E-state index in [1.807, 2.05) is 6.92 Å². The molecule has 0 saturated heterocycles. The summed E-state index contributed by atoms with van der Waals surface area (Å²) >= 11 is 1.44. The average Bonchev–Trinajstić information content (AvgIpc) is 2.94. The molecule has 22 heavy (non-hydrogen) atoms. The predicted octanol–water partition coefficient (Wildman–Crippen LogP) is 2.80. The van der Waals surface area contributed by atoms with Crippen LogP contribution in [0.3, 0.4) is 0 Å². The summed E-state index contributed by atoms with van der Waals surface area (Å²) in [4.78, 5) is 14.4. The molecule has 0 spiro atoms. The molecule has 0 saturated carbocycles. The van der Waals surface area contributed by atoms with Gasteiger partial charge in [-0.3, -0.25) is 10.1 Å². The molecule has 0 radical (unpaired) electrons. The number of fused-ring (bicyclic) bond motifs is 1. The monoisotopic (exact) mass is 316 g/mol. The van der Waals surface area contributed by atoms with E-state index in [1.165, 1.54) is 28.2 Å². The summed E-state index contributed by atoms with van der Waals surface area (Å²) in [6.45, 7) is 5.41. The van der Waals surface area contributed by atoms with Crippen molar-refractivity contribution >= 4 is 28.1 Å². The van der Waals surface area contributed by atoms with Crippen LogP contribution in [-0.4, -0.2) is 29.2 Å². The van der Waals surface area contributed by atoms with Gasteiger partial charge in [0.25, 0.3) is 0 Å². The maximum absolute atomic E-state index is 12.2. The SMILES string of the molecule is CCc1nnc(NC(=O)CN2CCCc3cc(C)ccc32)s1. The summed E-state index contributed by atoms with van der Waals surface area (Å²) in [5.74, 6) is -0.0350. The van der Waals surface area contributed by atoms with Crippen LogP contribution in [0.15, 0.2) is 18.2 Å². The van der Waals surface area contributed by atoms with Crippen LogP contribution in [0.2, 0.25) is 0 Å². The van der Waals surface area contributed by atoms with Gasteiger partial charge in [0.1, 0.15) is 5.01 Å². The molecule has 3 rings (SSSR count). The Balaban J connectivity index is 1.67. The first-order chi connectivity index (χ1) is 10.7. The summed E-state index contributed by atoms with van der Waals surface area (Å²) in [6.07, 6.45) is 3.01. The first-order valence-electron chi connectivity index (χ1n) is 7.62. The molecule has 2 heterocycles. The Kier molecular flexibility index (Phi) is 4.38. The van der Waals surface area contributed by atoms with Crippen LogP contribution in [0.25, 0.3) is 0 Å². The number of anilines is 2. The predicted molar refractivity (Wildman–Crippen MR) is 89.6 cm³/mol. The lowest BCUT2D eigenvalue weighted by atomic mass is 9.99. The summed E-state index contributed by atoms with van der Waals surface area (Å²) in [6, 6.07) is 6.45. The van der Waals surface area contributed by atoms with Crippen molar-refractivity contribution in [2.45, 2.75) is 33.1 Å². The van der Waals surface area contributed by atoms with E-state index in [9.17, 15) is 4.79 Å². The third-order valence-electron chi connectivity index (χ3n) is 3.80. The zero-order chi connectivity index (χ0) is 15.5. The number of nitrogens with one attached hydrogen (secondary N) is 1. The molecule has 1 aliphatic heterocycles. The van der Waals surface area contributed by atoms with Gasteiger partial charge in [-0.25, -0.2) is 0 Å². The van der Waals surface area contributed by atoms with Crippen molar-refractivity contribution in [2.24, 2.45) is 0 Å². The molecule has 2 aromatic rings. The van der Waals surface area contributed by atoms with E-state index in [0.717, 1.165) is 30.8 Å². The number of carbonyl (C=O) groups is 1. The van der Waals surface area contributed by atoms with Crippen molar-refractivity contribution in [3.63, 3.8) is 0 Å². The number of aryl methyl sites for hydroxylation is 3. The highest BCUT2D eigenvalue weighted by Crippen LogP contribution is 2.27. The minimum Gasteiger partial charge on any atom is -0.362 e. The molecule has 0 unspecified atom stereocenters. The molecule has 0 fully saturated rings. The number of aromatic nitrogens is 2. The fraction of sp³-hybridized carbons (Fsp3) is 0.438. The zero-order valence-corrected chi connectivity index (χ0v) is 13.7. The Bertz CT molecular complexity index is 683. The maximum Gasteiger partial charge on any atom is 0.245 e. The number of hydrogen-bond acceptors (Lipinski definition) is 5. The molecule has 1 aromatic carbocycles. The second-order valence-electron chi connectivity index (χ2n) is 5.56. The van der Waals surface area contributed by atoms with Crippen molar-refractivity contribution in [1.29, 1.82) is 0 Å². The van der Waals surface area contributed by atoms with Crippen LogP contribution in [-0.2, 0) is 17.6 Å². The van der Waals surface area contributed by atoms with Crippen LogP contribution in [0.1, 0.15) is 29.5 Å². The highest BCUT2D eigenvalue weighted by Gasteiger charge is 2.19. The third-order valence-corrected chi connectivity index (χ3v) is 4.78. The Morgan fingerprint density at radius 1 is 1.41 bits per heavy atom. The van der Waals surface area contributed by atoms with E-state index in [0.29, 0.717) is 11.7 Å². The van der Waals surface area contributed by atoms with Gasteiger partial charge < -0.3 is 4.90 Å². The number of carbonyl (C=O) groups excluding carboxylic acids is 1. The number of rotatable bonds is 4. The number of nitrogens with zero attached hydrogens (tertiary/aromatic N) is 3. The van der Waals surface area contributed by atoms with Crippen molar-refractivity contribution in [3.05, 3.63) is 34.3 Å². The van der Waals surface area contributed by atoms with Crippen molar-refractivity contribution < 1.29 is 4.79 Å². The van der Waals surface area contributed by atoms with Crippen LogP contribution >= 0.6 is 11.3 Å². The van der Waals surface area contributed by atoms with Gasteiger partial charge in [0.15, 0.2) is 0 Å². The highest BCUT2D eigenvalue weighted by molar-refractivity contribution is 7.15. The van der Waals surface area contributed by atoms with Gasteiger partial charge in [-0.2, -0.15) is 0 Å². The first kappa shape index (κ1) is 15.0. The molecule has 1 aliphatic rings. The Hall–Kier alpha value is -1.95. The van der Waals surface area contributed by atoms with Gasteiger partial charge in [0.05, 0.1) is 6.54 Å². The smallest absolute Gasteiger partial charge is 0.245 e. The largest absolute Gasteiger partial charge is 0.362 e. The molecule has 0 aliphatic carbocycles. The second-order valence-corrected chi connectivity index (χ2v) is 6.62. The van der Waals surface area contributed by atoms with Crippen LogP contribution in [0, 0.1) is 6.92 Å². The lowest BCUT2D eigenvalue weighted by Crippen LogP contribution is -2.36. The van der Waals surface area contributed by atoms with E-state index < -0.39 is 0 Å². The molecule has 0 bridgehead atoms. The normalized spacial score (nSPS) is 13.8. The molecular weight excluding hydrogens is 296 g/mol. The molecule has 6 heteroatoms. The van der Waals surface area contributed by atoms with E-state index in [2.05, 4.69) is 45.5 Å². The standard InChI is InChI=1S/C16H20N4OS/c1-3-15-18-19-16(22-15)17-14(21)10-20-8-4-5-12-9-11(2)6-7-13(12)20/h6-7,9H,3-5,8,10H2,1-2H3,(H,17,19,21). The summed E-state index contributed by atoms with van der Waals surface area (Å²) in [5.41, 5.74) is 3.78. The summed E-state index contributed by atoms with van der Waals surface area (Å²) < 4.78 is 0. The van der Waals surface area contributed by atoms with E-state index in [4.69, 9.17) is 0 Å². The summed E-state index contributed by atoms with van der Waals surface area (Å²) in [7, 11) is 0. The number of hydrogen-bond donors (Lipinski definition) is 1. The van der Waals surface area contributed by atoms with Crippen LogP contribution in [0.4, 0.5) is 10.8 Å². The second kappa shape index (κ2) is 6.44. The molecule has 1 aromatic heterocycles. The highest BCUT2D eigenvalue weighted by atomic mass is 32.1. The van der Waals surface area contributed by atoms with Crippen LogP contribution in [0.5, 0.6) is 0 Å². The Morgan fingerprint density at radius 2 is 2.27 bits per heavy atom. The molecular formula is C16H20N4OS. The minimum absolute atomic E-state index is 0.0350. The fourth-order valence-corrected chi connectivity index (χ4v) is 3.44. The fourth-order valence-electron chi connectivity index (χ4n) is 2.75. The molecule has 0 atom stereocenters. The van der Waals surface area contributed by atoms with Gasteiger partial charge in [-0.05, 0) is 37.8 Å². The van der Waals surface area contributed by atoms with Crippen molar-refractivity contribution in [3.8, 4) is 0 Å². The molecule has 116 valence electrons. The van der Waals surface area contributed by atoms with Gasteiger partial charge in [0.2, 0.25) is 11.0 Å². The third kappa shape index (κ3) is 3.27. The number of amides is 1. The van der Waals surface area contributed by atoms with Crippen LogP contribution < -0.4 is 10.2 Å². The van der Waals surface area contributed by atoms with E-state index in [1.54, 1.807) is 0 Å². The van der Waals surface area contributed by atoms with Gasteiger partial charge in [0, 0.05) is 12.2 Å². The van der Waals surface area contributed by atoms with Gasteiger partial charge >= 0.3 is 0 Å².